The number of thiophene rings is 1. The summed E-state index contributed by atoms with van der Waals surface area (Å²) in [6.45, 7) is 1.77. The van der Waals surface area contributed by atoms with E-state index in [1.807, 2.05) is 18.2 Å². The molecular weight excluding hydrogens is 280 g/mol. The highest BCUT2D eigenvalue weighted by molar-refractivity contribution is 7.94. The van der Waals surface area contributed by atoms with Gasteiger partial charge in [0, 0.05) is 12.2 Å². The van der Waals surface area contributed by atoms with E-state index in [4.69, 9.17) is 0 Å². The Balaban J connectivity index is 1.88. The predicted molar refractivity (Wildman–Crippen MR) is 77.0 cm³/mol. The Morgan fingerprint density at radius 3 is 2.89 bits per heavy atom. The molecule has 4 nitrogen and oxygen atoms in total. The van der Waals surface area contributed by atoms with Gasteiger partial charge in [0.1, 0.15) is 4.21 Å². The topological polar surface area (TPSA) is 58.2 Å². The average molecular weight is 294 g/mol. The number of anilines is 1. The van der Waals surface area contributed by atoms with Crippen molar-refractivity contribution in [2.24, 2.45) is 0 Å². The van der Waals surface area contributed by atoms with E-state index >= 15 is 0 Å². The Morgan fingerprint density at radius 2 is 2.11 bits per heavy atom. The van der Waals surface area contributed by atoms with Gasteiger partial charge in [-0.15, -0.1) is 11.3 Å². The number of sulfonamides is 1. The van der Waals surface area contributed by atoms with Gasteiger partial charge in [0.25, 0.3) is 10.0 Å². The molecule has 1 aromatic heterocycles. The van der Waals surface area contributed by atoms with E-state index in [1.165, 1.54) is 16.9 Å². The van der Waals surface area contributed by atoms with E-state index in [9.17, 15) is 8.42 Å². The summed E-state index contributed by atoms with van der Waals surface area (Å²) in [7, 11) is -3.45. The molecule has 0 radical (unpaired) electrons. The van der Waals surface area contributed by atoms with Gasteiger partial charge in [0.15, 0.2) is 0 Å². The van der Waals surface area contributed by atoms with Crippen LogP contribution < -0.4 is 10.0 Å². The molecule has 1 aliphatic rings. The standard InChI is InChI=1S/C13H14N2O2S2/c16-19(17,13-2-1-7-18-13)15-12-4-3-10-5-6-14-9-11(10)8-12/h1-4,7-8,14-15H,5-6,9H2. The fraction of sp³-hybridized carbons (Fsp3) is 0.231. The van der Waals surface area contributed by atoms with E-state index in [-0.39, 0.29) is 0 Å². The molecule has 0 fully saturated rings. The molecule has 0 atom stereocenters. The van der Waals surface area contributed by atoms with Crippen LogP contribution in [0, 0.1) is 0 Å². The summed E-state index contributed by atoms with van der Waals surface area (Å²) in [4.78, 5) is 0. The van der Waals surface area contributed by atoms with Crippen LogP contribution >= 0.6 is 11.3 Å². The Bertz CT molecular complexity index is 679. The fourth-order valence-corrected chi connectivity index (χ4v) is 4.21. The first-order valence-corrected chi connectivity index (χ1v) is 8.40. The van der Waals surface area contributed by atoms with Gasteiger partial charge in [-0.3, -0.25) is 4.72 Å². The molecule has 2 N–H and O–H groups in total. The van der Waals surface area contributed by atoms with Gasteiger partial charge in [-0.05, 0) is 47.7 Å². The summed E-state index contributed by atoms with van der Waals surface area (Å²) in [6, 6.07) is 9.08. The molecule has 19 heavy (non-hydrogen) atoms. The lowest BCUT2D eigenvalue weighted by Crippen LogP contribution is -2.23. The second-order valence-electron chi connectivity index (χ2n) is 4.45. The molecule has 3 rings (SSSR count). The van der Waals surface area contributed by atoms with Crippen molar-refractivity contribution >= 4 is 27.0 Å². The number of benzene rings is 1. The zero-order valence-corrected chi connectivity index (χ0v) is 11.9. The van der Waals surface area contributed by atoms with E-state index in [0.717, 1.165) is 25.1 Å². The lowest BCUT2D eigenvalue weighted by molar-refractivity contribution is 0.603. The fourth-order valence-electron chi connectivity index (χ4n) is 2.17. The molecule has 0 amide bonds. The third-order valence-corrected chi connectivity index (χ3v) is 5.88. The smallest absolute Gasteiger partial charge is 0.271 e. The molecule has 2 heterocycles. The Labute approximate surface area is 116 Å². The molecule has 0 bridgehead atoms. The van der Waals surface area contributed by atoms with Crippen molar-refractivity contribution in [2.45, 2.75) is 17.2 Å². The van der Waals surface area contributed by atoms with Crippen LogP contribution in [0.3, 0.4) is 0 Å². The van der Waals surface area contributed by atoms with Crippen molar-refractivity contribution in [3.8, 4) is 0 Å². The van der Waals surface area contributed by atoms with Crippen LogP contribution in [0.25, 0.3) is 0 Å². The Hall–Kier alpha value is -1.37. The Kier molecular flexibility index (Phi) is 3.30. The summed E-state index contributed by atoms with van der Waals surface area (Å²) in [5.74, 6) is 0. The maximum Gasteiger partial charge on any atom is 0.271 e. The summed E-state index contributed by atoms with van der Waals surface area (Å²) in [6.07, 6.45) is 0.993. The van der Waals surface area contributed by atoms with Gasteiger partial charge in [-0.1, -0.05) is 12.1 Å². The minimum absolute atomic E-state index is 0.336. The average Bonchev–Trinajstić information content (AvgIpc) is 2.93. The monoisotopic (exact) mass is 294 g/mol. The van der Waals surface area contributed by atoms with Crippen molar-refractivity contribution in [2.75, 3.05) is 11.3 Å². The minimum Gasteiger partial charge on any atom is -0.312 e. The van der Waals surface area contributed by atoms with Gasteiger partial charge < -0.3 is 5.32 Å². The lowest BCUT2D eigenvalue weighted by atomic mass is 10.0. The molecule has 0 unspecified atom stereocenters. The molecule has 0 aliphatic carbocycles. The normalized spacial score (nSPS) is 14.9. The van der Waals surface area contributed by atoms with Crippen LogP contribution in [0.15, 0.2) is 39.9 Å². The molecule has 6 heteroatoms. The zero-order chi connectivity index (χ0) is 13.3. The largest absolute Gasteiger partial charge is 0.312 e. The highest BCUT2D eigenvalue weighted by atomic mass is 32.2. The van der Waals surface area contributed by atoms with Crippen LogP contribution in [0.5, 0.6) is 0 Å². The first kappa shape index (κ1) is 12.7. The van der Waals surface area contributed by atoms with E-state index in [2.05, 4.69) is 10.0 Å². The summed E-state index contributed by atoms with van der Waals surface area (Å²) >= 11 is 1.22. The summed E-state index contributed by atoms with van der Waals surface area (Å²) in [5.41, 5.74) is 3.08. The van der Waals surface area contributed by atoms with Crippen LogP contribution in [-0.2, 0) is 23.0 Å². The molecule has 100 valence electrons. The first-order valence-electron chi connectivity index (χ1n) is 6.04. The predicted octanol–water partition coefficient (Wildman–Crippen LogP) is 2.19. The third-order valence-electron chi connectivity index (χ3n) is 3.10. The minimum atomic E-state index is -3.45. The second-order valence-corrected chi connectivity index (χ2v) is 7.30. The quantitative estimate of drug-likeness (QED) is 0.912. The van der Waals surface area contributed by atoms with Crippen LogP contribution in [0.4, 0.5) is 5.69 Å². The van der Waals surface area contributed by atoms with Crippen LogP contribution in [0.1, 0.15) is 11.1 Å². The third kappa shape index (κ3) is 2.65. The van der Waals surface area contributed by atoms with Crippen LogP contribution in [0.2, 0.25) is 0 Å². The molecule has 1 aliphatic heterocycles. The maximum absolute atomic E-state index is 12.1. The van der Waals surface area contributed by atoms with Crippen LogP contribution in [-0.4, -0.2) is 15.0 Å². The van der Waals surface area contributed by atoms with Crippen molar-refractivity contribution in [1.29, 1.82) is 0 Å². The van der Waals surface area contributed by atoms with Gasteiger partial charge in [-0.2, -0.15) is 0 Å². The zero-order valence-electron chi connectivity index (χ0n) is 10.2. The van der Waals surface area contributed by atoms with Crippen molar-refractivity contribution in [3.63, 3.8) is 0 Å². The lowest BCUT2D eigenvalue weighted by Gasteiger charge is -2.18. The molecule has 1 aromatic carbocycles. The molecule has 0 saturated carbocycles. The van der Waals surface area contributed by atoms with E-state index in [1.54, 1.807) is 17.5 Å². The van der Waals surface area contributed by atoms with Crippen molar-refractivity contribution in [3.05, 3.63) is 46.8 Å². The molecule has 0 spiro atoms. The molecule has 0 saturated heterocycles. The molecule has 2 aromatic rings. The maximum atomic E-state index is 12.1. The highest BCUT2D eigenvalue weighted by Gasteiger charge is 2.16. The van der Waals surface area contributed by atoms with E-state index in [0.29, 0.717) is 9.90 Å². The van der Waals surface area contributed by atoms with Gasteiger partial charge in [0.2, 0.25) is 0 Å². The first-order chi connectivity index (χ1) is 9.15. The van der Waals surface area contributed by atoms with Crippen molar-refractivity contribution in [1.82, 2.24) is 5.32 Å². The second kappa shape index (κ2) is 4.96. The number of hydrogen-bond donors (Lipinski definition) is 2. The SMILES string of the molecule is O=S(=O)(Nc1ccc2c(c1)CNCC2)c1cccs1. The van der Waals surface area contributed by atoms with Gasteiger partial charge in [-0.25, -0.2) is 8.42 Å². The molecular formula is C13H14N2O2S2. The number of rotatable bonds is 3. The van der Waals surface area contributed by atoms with Gasteiger partial charge in [0.05, 0.1) is 0 Å². The summed E-state index contributed by atoms with van der Waals surface area (Å²) < 4.78 is 27.2. The number of hydrogen-bond acceptors (Lipinski definition) is 4. The van der Waals surface area contributed by atoms with E-state index < -0.39 is 10.0 Å². The highest BCUT2D eigenvalue weighted by Crippen LogP contribution is 2.23. The van der Waals surface area contributed by atoms with Gasteiger partial charge >= 0.3 is 0 Å². The number of fused-ring (bicyclic) bond motifs is 1. The number of nitrogens with one attached hydrogen (secondary N) is 2. The Morgan fingerprint density at radius 1 is 1.21 bits per heavy atom. The summed E-state index contributed by atoms with van der Waals surface area (Å²) in [5, 5.41) is 5.04. The van der Waals surface area contributed by atoms with Crippen molar-refractivity contribution < 1.29 is 8.42 Å².